The third-order valence-corrected chi connectivity index (χ3v) is 5.20. The van der Waals surface area contributed by atoms with Gasteiger partial charge in [-0.25, -0.2) is 9.67 Å². The largest absolute Gasteiger partial charge is 0.345 e. The average Bonchev–Trinajstić information content (AvgIpc) is 2.78. The number of aromatic amines is 1. The van der Waals surface area contributed by atoms with Crippen LogP contribution in [-0.4, -0.2) is 33.3 Å². The minimum absolute atomic E-state index is 0.207. The third-order valence-electron chi connectivity index (χ3n) is 5.20. The van der Waals surface area contributed by atoms with Gasteiger partial charge in [0, 0.05) is 25.0 Å². The molecule has 1 N–H and O–H groups in total. The summed E-state index contributed by atoms with van der Waals surface area (Å²) in [7, 11) is 1.89. The molecule has 2 heterocycles. The van der Waals surface area contributed by atoms with Crippen molar-refractivity contribution < 1.29 is 0 Å². The van der Waals surface area contributed by atoms with Crippen LogP contribution in [0.4, 0.5) is 5.95 Å². The molecular weight excluding hydrogens is 378 g/mol. The van der Waals surface area contributed by atoms with E-state index < -0.39 is 6.04 Å². The number of fused-ring (bicyclic) bond motifs is 1. The highest BCUT2D eigenvalue weighted by atomic mass is 16.1. The summed E-state index contributed by atoms with van der Waals surface area (Å²) in [6, 6.07) is 18.4. The van der Waals surface area contributed by atoms with E-state index in [1.54, 1.807) is 12.3 Å². The van der Waals surface area contributed by atoms with Crippen LogP contribution in [0.5, 0.6) is 0 Å². The molecule has 0 fully saturated rings. The molecule has 0 bridgehead atoms. The molecule has 0 spiro atoms. The Labute approximate surface area is 173 Å². The highest BCUT2D eigenvalue weighted by molar-refractivity contribution is 5.80. The van der Waals surface area contributed by atoms with E-state index in [1.807, 2.05) is 55.3 Å². The van der Waals surface area contributed by atoms with Gasteiger partial charge in [-0.3, -0.25) is 14.6 Å². The maximum Gasteiger partial charge on any atom is 0.275 e. The number of likely N-dealkylation sites (N-methyl/N-ethyl adjacent to an activating group) is 1. The highest BCUT2D eigenvalue weighted by Crippen LogP contribution is 2.16. The first-order valence-electron chi connectivity index (χ1n) is 9.86. The van der Waals surface area contributed by atoms with E-state index in [9.17, 15) is 9.59 Å². The van der Waals surface area contributed by atoms with Crippen molar-refractivity contribution in [2.45, 2.75) is 19.4 Å². The zero-order valence-electron chi connectivity index (χ0n) is 16.9. The van der Waals surface area contributed by atoms with E-state index in [2.05, 4.69) is 27.2 Å². The molecule has 152 valence electrons. The van der Waals surface area contributed by atoms with Gasteiger partial charge in [0.25, 0.3) is 11.1 Å². The molecule has 4 aromatic rings. The summed E-state index contributed by atoms with van der Waals surface area (Å²) < 4.78 is 1.37. The minimum atomic E-state index is -0.481. The smallest absolute Gasteiger partial charge is 0.275 e. The predicted molar refractivity (Wildman–Crippen MR) is 118 cm³/mol. The van der Waals surface area contributed by atoms with E-state index in [0.29, 0.717) is 23.6 Å². The molecule has 0 radical (unpaired) electrons. The van der Waals surface area contributed by atoms with Crippen molar-refractivity contribution in [3.05, 3.63) is 98.8 Å². The number of rotatable bonds is 6. The first-order valence-corrected chi connectivity index (χ1v) is 9.86. The first kappa shape index (κ1) is 19.6. The Bertz CT molecular complexity index is 1280. The fourth-order valence-electron chi connectivity index (χ4n) is 3.41. The Hall–Kier alpha value is -3.74. The number of nitrogens with zero attached hydrogens (tertiary/aromatic N) is 4. The molecule has 0 aliphatic heterocycles. The Morgan fingerprint density at radius 3 is 2.60 bits per heavy atom. The van der Waals surface area contributed by atoms with Gasteiger partial charge in [0.1, 0.15) is 0 Å². The van der Waals surface area contributed by atoms with Crippen molar-refractivity contribution in [2.75, 3.05) is 18.5 Å². The summed E-state index contributed by atoms with van der Waals surface area (Å²) in [5.74, 6) is 0.467. The molecule has 4 rings (SSSR count). The summed E-state index contributed by atoms with van der Waals surface area (Å²) in [5.41, 5.74) is 1.23. The van der Waals surface area contributed by atoms with Crippen LogP contribution in [0.15, 0.2) is 76.4 Å². The van der Waals surface area contributed by atoms with Crippen molar-refractivity contribution in [3.8, 4) is 0 Å². The molecule has 0 unspecified atom stereocenters. The molecule has 2 aromatic heterocycles. The SMILES string of the molecule is C[C@H](c1cc(=O)[nH]c(N(C)CCc2ccccc2)n1)n1ncc2ccccc2c1=O. The van der Waals surface area contributed by atoms with Crippen molar-refractivity contribution >= 4 is 16.7 Å². The van der Waals surface area contributed by atoms with E-state index >= 15 is 0 Å². The van der Waals surface area contributed by atoms with E-state index in [1.165, 1.54) is 16.3 Å². The monoisotopic (exact) mass is 401 g/mol. The molecule has 1 atom stereocenters. The van der Waals surface area contributed by atoms with Crippen LogP contribution < -0.4 is 16.0 Å². The number of hydrogen-bond acceptors (Lipinski definition) is 5. The maximum absolute atomic E-state index is 12.9. The van der Waals surface area contributed by atoms with Crippen LogP contribution >= 0.6 is 0 Å². The molecule has 0 saturated heterocycles. The molecular formula is C23H23N5O2. The van der Waals surface area contributed by atoms with Crippen molar-refractivity contribution in [3.63, 3.8) is 0 Å². The maximum atomic E-state index is 12.9. The molecule has 0 saturated carbocycles. The summed E-state index contributed by atoms with van der Waals surface area (Å²) in [5, 5.41) is 5.67. The average molecular weight is 401 g/mol. The zero-order valence-corrected chi connectivity index (χ0v) is 16.9. The van der Waals surface area contributed by atoms with Gasteiger partial charge >= 0.3 is 0 Å². The Balaban J connectivity index is 1.62. The van der Waals surface area contributed by atoms with Gasteiger partial charge < -0.3 is 4.90 Å². The van der Waals surface area contributed by atoms with Gasteiger partial charge in [-0.2, -0.15) is 5.10 Å². The van der Waals surface area contributed by atoms with Crippen LogP contribution in [0.2, 0.25) is 0 Å². The second kappa shape index (κ2) is 8.32. The van der Waals surface area contributed by atoms with Crippen molar-refractivity contribution in [1.82, 2.24) is 19.7 Å². The highest BCUT2D eigenvalue weighted by Gasteiger charge is 2.17. The second-order valence-electron chi connectivity index (χ2n) is 7.31. The van der Waals surface area contributed by atoms with Crippen LogP contribution in [0.25, 0.3) is 10.8 Å². The summed E-state index contributed by atoms with van der Waals surface area (Å²) in [4.78, 5) is 34.5. The Morgan fingerprint density at radius 1 is 1.07 bits per heavy atom. The van der Waals surface area contributed by atoms with Crippen LogP contribution in [0.3, 0.4) is 0 Å². The topological polar surface area (TPSA) is 83.9 Å². The second-order valence-corrected chi connectivity index (χ2v) is 7.31. The molecule has 7 heteroatoms. The first-order chi connectivity index (χ1) is 14.5. The summed E-state index contributed by atoms with van der Waals surface area (Å²) in [6.45, 7) is 2.51. The zero-order chi connectivity index (χ0) is 21.1. The lowest BCUT2D eigenvalue weighted by Crippen LogP contribution is -2.30. The Kier molecular flexibility index (Phi) is 5.43. The molecule has 0 amide bonds. The van der Waals surface area contributed by atoms with E-state index in [-0.39, 0.29) is 11.1 Å². The van der Waals surface area contributed by atoms with Gasteiger partial charge in [-0.1, -0.05) is 48.5 Å². The van der Waals surface area contributed by atoms with Gasteiger partial charge in [0.2, 0.25) is 5.95 Å². The lowest BCUT2D eigenvalue weighted by molar-refractivity contribution is 0.523. The number of hydrogen-bond donors (Lipinski definition) is 1. The summed E-state index contributed by atoms with van der Waals surface area (Å²) >= 11 is 0. The van der Waals surface area contributed by atoms with Crippen molar-refractivity contribution in [1.29, 1.82) is 0 Å². The lowest BCUT2D eigenvalue weighted by atomic mass is 10.1. The van der Waals surface area contributed by atoms with E-state index in [4.69, 9.17) is 0 Å². The number of nitrogens with one attached hydrogen (secondary N) is 1. The summed E-state index contributed by atoms with van der Waals surface area (Å²) in [6.07, 6.45) is 2.49. The van der Waals surface area contributed by atoms with Crippen LogP contribution in [0.1, 0.15) is 24.2 Å². The molecule has 0 aliphatic rings. The number of aromatic nitrogens is 4. The van der Waals surface area contributed by atoms with Gasteiger partial charge in [0.05, 0.1) is 23.3 Å². The normalized spacial score (nSPS) is 12.1. The van der Waals surface area contributed by atoms with Crippen molar-refractivity contribution in [2.24, 2.45) is 0 Å². The number of benzene rings is 2. The fraction of sp³-hybridized carbons (Fsp3) is 0.217. The predicted octanol–water partition coefficient (Wildman–Crippen LogP) is 2.77. The Morgan fingerprint density at radius 2 is 1.80 bits per heavy atom. The third kappa shape index (κ3) is 4.00. The standard InChI is InChI=1S/C23H23N5O2/c1-16(28-22(30)19-11-7-6-10-18(19)15-24-28)20-14-21(29)26-23(25-20)27(2)13-12-17-8-4-3-5-9-17/h3-11,14-16H,12-13H2,1-2H3,(H,25,26,29)/t16-/m1/s1. The van der Waals surface area contributed by atoms with Crippen LogP contribution in [0, 0.1) is 0 Å². The van der Waals surface area contributed by atoms with Gasteiger partial charge in [0.15, 0.2) is 0 Å². The fourth-order valence-corrected chi connectivity index (χ4v) is 3.41. The lowest BCUT2D eigenvalue weighted by Gasteiger charge is -2.20. The van der Waals surface area contributed by atoms with E-state index in [0.717, 1.165) is 11.8 Å². The quantitative estimate of drug-likeness (QED) is 0.537. The molecule has 2 aromatic carbocycles. The van der Waals surface area contributed by atoms with Gasteiger partial charge in [-0.05, 0) is 25.0 Å². The van der Waals surface area contributed by atoms with Gasteiger partial charge in [-0.15, -0.1) is 0 Å². The number of anilines is 1. The molecule has 30 heavy (non-hydrogen) atoms. The number of H-pyrrole nitrogens is 1. The molecule has 7 nitrogen and oxygen atoms in total. The minimum Gasteiger partial charge on any atom is -0.345 e. The van der Waals surface area contributed by atoms with Crippen LogP contribution in [-0.2, 0) is 6.42 Å². The molecule has 0 aliphatic carbocycles.